The van der Waals surface area contributed by atoms with Crippen molar-refractivity contribution in [3.05, 3.63) is 65.5 Å². The van der Waals surface area contributed by atoms with Crippen LogP contribution in [0, 0.1) is 13.8 Å². The second-order valence-corrected chi connectivity index (χ2v) is 9.94. The first kappa shape index (κ1) is 24.9. The van der Waals surface area contributed by atoms with E-state index in [1.165, 1.54) is 16.8 Å². The summed E-state index contributed by atoms with van der Waals surface area (Å²) in [6.07, 6.45) is 3.75. The number of aryl methyl sites for hydroxylation is 2. The van der Waals surface area contributed by atoms with Gasteiger partial charge >= 0.3 is 0 Å². The van der Waals surface area contributed by atoms with Gasteiger partial charge in [0.25, 0.3) is 5.91 Å². The Bertz CT molecular complexity index is 1400. The van der Waals surface area contributed by atoms with Gasteiger partial charge in [0.1, 0.15) is 5.52 Å². The van der Waals surface area contributed by atoms with E-state index in [2.05, 4.69) is 45.7 Å². The molecule has 0 radical (unpaired) electrons. The highest BCUT2D eigenvalue weighted by atomic mass is 16.3. The molecule has 1 saturated heterocycles. The molecule has 4 aromatic rings. The largest absolute Gasteiger partial charge is 0.395 e. The molecule has 2 N–H and O–H groups in total. The van der Waals surface area contributed by atoms with Crippen molar-refractivity contribution >= 4 is 22.8 Å². The highest BCUT2D eigenvalue weighted by Gasteiger charge is 2.21. The van der Waals surface area contributed by atoms with Gasteiger partial charge in [-0.2, -0.15) is 0 Å². The minimum Gasteiger partial charge on any atom is -0.395 e. The molecule has 1 aliphatic rings. The molecule has 0 saturated carbocycles. The standard InChI is InChI=1S/C29H34N6O2/c1-19-15-23(16-20(2)27(19)35-11-9-34(10-12-35)13-14-36)25-18-31-28-26(32-25)24(17-30-28)21-5-7-22(8-6-21)29(37)33(3)4/h5-8,15-18,36H,9-14H2,1-4H3,(H,30,31). The number of fused-ring (bicyclic) bond motifs is 1. The maximum absolute atomic E-state index is 12.3. The van der Waals surface area contributed by atoms with Crippen LogP contribution in [-0.4, -0.2) is 89.2 Å². The van der Waals surface area contributed by atoms with E-state index >= 15 is 0 Å². The molecule has 1 amide bonds. The predicted octanol–water partition coefficient (Wildman–Crippen LogP) is 3.72. The van der Waals surface area contributed by atoms with Gasteiger partial charge in [0.2, 0.25) is 0 Å². The zero-order valence-electron chi connectivity index (χ0n) is 22.0. The van der Waals surface area contributed by atoms with Crippen LogP contribution in [0.2, 0.25) is 0 Å². The van der Waals surface area contributed by atoms with Crippen LogP contribution in [-0.2, 0) is 0 Å². The minimum atomic E-state index is -0.0196. The van der Waals surface area contributed by atoms with Crippen LogP contribution < -0.4 is 4.90 Å². The molecule has 0 spiro atoms. The minimum absolute atomic E-state index is 0.0196. The van der Waals surface area contributed by atoms with E-state index < -0.39 is 0 Å². The lowest BCUT2D eigenvalue weighted by Gasteiger charge is -2.37. The first-order valence-corrected chi connectivity index (χ1v) is 12.7. The number of nitrogens with zero attached hydrogens (tertiary/aromatic N) is 5. The van der Waals surface area contributed by atoms with E-state index in [0.29, 0.717) is 5.56 Å². The lowest BCUT2D eigenvalue weighted by molar-refractivity contribution is 0.0827. The van der Waals surface area contributed by atoms with Gasteiger partial charge in [-0.1, -0.05) is 12.1 Å². The third kappa shape index (κ3) is 4.95. The van der Waals surface area contributed by atoms with Gasteiger partial charge in [-0.3, -0.25) is 9.69 Å². The van der Waals surface area contributed by atoms with Crippen molar-refractivity contribution < 1.29 is 9.90 Å². The number of hydrogen-bond acceptors (Lipinski definition) is 6. The van der Waals surface area contributed by atoms with Crippen molar-refractivity contribution in [2.24, 2.45) is 0 Å². The number of H-pyrrole nitrogens is 1. The average molecular weight is 499 g/mol. The number of nitrogens with one attached hydrogen (secondary N) is 1. The number of aliphatic hydroxyl groups excluding tert-OH is 1. The Morgan fingerprint density at radius 3 is 2.32 bits per heavy atom. The SMILES string of the molecule is Cc1cc(-c2cnc3[nH]cc(-c4ccc(C(=O)N(C)C)cc4)c3n2)cc(C)c1N1CCN(CCO)CC1. The number of β-amino-alcohol motifs (C(OH)–C–C–N with tert-alkyl or cyclic N) is 1. The Balaban J connectivity index is 1.44. The summed E-state index contributed by atoms with van der Waals surface area (Å²) < 4.78 is 0. The molecule has 2 aromatic carbocycles. The lowest BCUT2D eigenvalue weighted by atomic mass is 10.0. The summed E-state index contributed by atoms with van der Waals surface area (Å²) in [6, 6.07) is 12.0. The number of benzene rings is 2. The van der Waals surface area contributed by atoms with Crippen molar-refractivity contribution in [1.82, 2.24) is 24.8 Å². The van der Waals surface area contributed by atoms with Crippen molar-refractivity contribution in [2.45, 2.75) is 13.8 Å². The zero-order chi connectivity index (χ0) is 26.1. The Morgan fingerprint density at radius 2 is 1.70 bits per heavy atom. The number of aliphatic hydroxyl groups is 1. The fraction of sp³-hybridized carbons (Fsp3) is 0.345. The molecule has 0 bridgehead atoms. The number of aromatic amines is 1. The molecule has 8 heteroatoms. The van der Waals surface area contributed by atoms with Crippen molar-refractivity contribution in [1.29, 1.82) is 0 Å². The number of anilines is 1. The number of piperazine rings is 1. The van der Waals surface area contributed by atoms with E-state index in [1.807, 2.05) is 36.7 Å². The molecule has 192 valence electrons. The van der Waals surface area contributed by atoms with Crippen LogP contribution in [0.15, 0.2) is 48.8 Å². The highest BCUT2D eigenvalue weighted by Crippen LogP contribution is 2.33. The first-order chi connectivity index (χ1) is 17.9. The van der Waals surface area contributed by atoms with Crippen LogP contribution in [0.3, 0.4) is 0 Å². The molecule has 0 atom stereocenters. The Hall–Kier alpha value is -3.75. The molecular formula is C29H34N6O2. The van der Waals surface area contributed by atoms with E-state index in [4.69, 9.17) is 4.98 Å². The molecule has 0 unspecified atom stereocenters. The molecule has 3 heterocycles. The summed E-state index contributed by atoms with van der Waals surface area (Å²) in [7, 11) is 3.50. The molecule has 1 aliphatic heterocycles. The zero-order valence-corrected chi connectivity index (χ0v) is 22.0. The van der Waals surface area contributed by atoms with Gasteiger partial charge in [-0.05, 0) is 54.8 Å². The van der Waals surface area contributed by atoms with Crippen molar-refractivity contribution in [2.75, 3.05) is 58.3 Å². The Labute approximate surface area is 217 Å². The number of carbonyl (C=O) groups excluding carboxylic acids is 1. The van der Waals surface area contributed by atoms with Crippen LogP contribution in [0.1, 0.15) is 21.5 Å². The Morgan fingerprint density at radius 1 is 1.03 bits per heavy atom. The number of aromatic nitrogens is 3. The molecule has 2 aromatic heterocycles. The first-order valence-electron chi connectivity index (χ1n) is 12.7. The number of amides is 1. The smallest absolute Gasteiger partial charge is 0.253 e. The quantitative estimate of drug-likeness (QED) is 0.421. The number of rotatable bonds is 6. The maximum Gasteiger partial charge on any atom is 0.253 e. The molecule has 0 aliphatic carbocycles. The molecule has 8 nitrogen and oxygen atoms in total. The van der Waals surface area contributed by atoms with Gasteiger partial charge in [-0.25, -0.2) is 9.97 Å². The normalized spacial score (nSPS) is 14.4. The summed E-state index contributed by atoms with van der Waals surface area (Å²) in [4.78, 5) is 31.5. The predicted molar refractivity (Wildman–Crippen MR) is 148 cm³/mol. The second-order valence-electron chi connectivity index (χ2n) is 9.94. The average Bonchev–Trinajstić information content (AvgIpc) is 3.32. The number of hydrogen-bond donors (Lipinski definition) is 2. The fourth-order valence-corrected chi connectivity index (χ4v) is 5.24. The monoisotopic (exact) mass is 498 g/mol. The number of carbonyl (C=O) groups is 1. The van der Waals surface area contributed by atoms with Gasteiger partial charge in [-0.15, -0.1) is 0 Å². The topological polar surface area (TPSA) is 88.6 Å². The summed E-state index contributed by atoms with van der Waals surface area (Å²) >= 11 is 0. The maximum atomic E-state index is 12.3. The van der Waals surface area contributed by atoms with Gasteiger partial charge < -0.3 is 19.9 Å². The van der Waals surface area contributed by atoms with Gasteiger partial charge in [0, 0.05) is 75.4 Å². The molecule has 5 rings (SSSR count). The van der Waals surface area contributed by atoms with Gasteiger partial charge in [0.15, 0.2) is 5.65 Å². The van der Waals surface area contributed by atoms with Crippen molar-refractivity contribution in [3.8, 4) is 22.4 Å². The highest BCUT2D eigenvalue weighted by molar-refractivity contribution is 5.96. The summed E-state index contributed by atoms with van der Waals surface area (Å²) in [5.74, 6) is -0.0196. The van der Waals surface area contributed by atoms with Gasteiger partial charge in [0.05, 0.1) is 18.5 Å². The third-order valence-electron chi connectivity index (χ3n) is 7.12. The molecule has 37 heavy (non-hydrogen) atoms. The second kappa shape index (κ2) is 10.3. The Kier molecular flexibility index (Phi) is 6.95. The van der Waals surface area contributed by atoms with E-state index in [0.717, 1.165) is 66.3 Å². The summed E-state index contributed by atoms with van der Waals surface area (Å²) in [6.45, 7) is 9.12. The van der Waals surface area contributed by atoms with E-state index in [9.17, 15) is 9.90 Å². The van der Waals surface area contributed by atoms with Crippen LogP contribution in [0.5, 0.6) is 0 Å². The van der Waals surface area contributed by atoms with Crippen LogP contribution in [0.4, 0.5) is 5.69 Å². The molecular weight excluding hydrogens is 464 g/mol. The third-order valence-corrected chi connectivity index (χ3v) is 7.12. The fourth-order valence-electron chi connectivity index (χ4n) is 5.24. The van der Waals surface area contributed by atoms with Crippen LogP contribution >= 0.6 is 0 Å². The lowest BCUT2D eigenvalue weighted by Crippen LogP contribution is -2.47. The van der Waals surface area contributed by atoms with E-state index in [-0.39, 0.29) is 12.5 Å². The summed E-state index contributed by atoms with van der Waals surface area (Å²) in [5, 5.41) is 9.23. The van der Waals surface area contributed by atoms with Crippen molar-refractivity contribution in [3.63, 3.8) is 0 Å². The van der Waals surface area contributed by atoms with E-state index in [1.54, 1.807) is 19.0 Å². The summed E-state index contributed by atoms with van der Waals surface area (Å²) in [5.41, 5.74) is 9.75. The molecule has 1 fully saturated rings. The van der Waals surface area contributed by atoms with Crippen LogP contribution in [0.25, 0.3) is 33.5 Å².